The van der Waals surface area contributed by atoms with E-state index in [0.717, 1.165) is 35.1 Å². The van der Waals surface area contributed by atoms with Gasteiger partial charge < -0.3 is 4.74 Å². The lowest BCUT2D eigenvalue weighted by atomic mass is 9.76. The monoisotopic (exact) mass is 698 g/mol. The Morgan fingerprint density at radius 1 is 0.579 bits per heavy atom. The highest BCUT2D eigenvalue weighted by Crippen LogP contribution is 2.63. The van der Waals surface area contributed by atoms with Crippen molar-refractivity contribution in [1.82, 2.24) is 0 Å². The van der Waals surface area contributed by atoms with Crippen LogP contribution >= 0.6 is 40.0 Å². The van der Waals surface area contributed by atoms with Gasteiger partial charge in [-0.2, -0.15) is 0 Å². The molecule has 1 aliphatic rings. The van der Waals surface area contributed by atoms with Gasteiger partial charge in [-0.25, -0.2) is 0 Å². The van der Waals surface area contributed by atoms with E-state index in [4.69, 9.17) is 52.0 Å². The van der Waals surface area contributed by atoms with E-state index in [1.165, 1.54) is 21.7 Å². The Kier molecular flexibility index (Phi) is 11.1. The zero-order valence-corrected chi connectivity index (χ0v) is 33.1. The van der Waals surface area contributed by atoms with Crippen LogP contribution < -0.4 is 15.3 Å². The molecular weight excluding hydrogens is 654 g/mol. The maximum atomic E-state index is 7.14. The molecule has 0 aromatic heterocycles. The van der Waals surface area contributed by atoms with Gasteiger partial charge in [0.15, 0.2) is 0 Å². The molecule has 0 N–H and O–H groups in total. The Hall–Kier alpha value is 1.70. The number of rotatable bonds is 10. The number of ether oxygens (including phenoxy) is 1. The Labute approximate surface area is 256 Å². The van der Waals surface area contributed by atoms with E-state index in [1.807, 2.05) is 0 Å². The molecule has 1 nitrogen and oxygen atoms in total. The quantitative estimate of drug-likeness (QED) is 0.228. The van der Waals surface area contributed by atoms with Gasteiger partial charge in [0.25, 0.3) is 0 Å². The van der Waals surface area contributed by atoms with Crippen LogP contribution in [0.2, 0.25) is 0 Å². The summed E-state index contributed by atoms with van der Waals surface area (Å²) in [6.07, 6.45) is 0. The van der Waals surface area contributed by atoms with Gasteiger partial charge >= 0.3 is 0 Å². The van der Waals surface area contributed by atoms with Crippen molar-refractivity contribution in [3.63, 3.8) is 0 Å². The molecule has 0 bridgehead atoms. The molecule has 0 saturated carbocycles. The van der Waals surface area contributed by atoms with Crippen LogP contribution in [0.3, 0.4) is 0 Å². The van der Waals surface area contributed by atoms with Crippen molar-refractivity contribution in [3.8, 4) is 11.5 Å². The summed E-state index contributed by atoms with van der Waals surface area (Å²) >= 11 is 24.1. The molecule has 2 aromatic rings. The number of hydrogen-bond donors (Lipinski definition) is 0. The molecule has 1 aliphatic heterocycles. The molecule has 0 fully saturated rings. The summed E-state index contributed by atoms with van der Waals surface area (Å²) in [6, 6.07) is 7.95. The fourth-order valence-electron chi connectivity index (χ4n) is 5.03. The van der Waals surface area contributed by atoms with Crippen LogP contribution in [0.4, 0.5) is 0 Å². The third-order valence-electron chi connectivity index (χ3n) is 6.27. The van der Waals surface area contributed by atoms with Crippen molar-refractivity contribution in [2.45, 2.75) is 19.3 Å². The number of fused-ring (bicyclic) bond motifs is 2. The molecular formula is C27H44OP6S4. The highest BCUT2D eigenvalue weighted by atomic mass is 32.5. The highest BCUT2D eigenvalue weighted by Gasteiger charge is 2.39. The van der Waals surface area contributed by atoms with E-state index in [0.29, 0.717) is 0 Å². The SMILES string of the molecule is CC1(C)c2cccc(P(CP(C)(C)=S)CP(C)(C)=S)c2Oc2c(P(CP(C)(C)=S)CP(C)(C)=S)cccc21. The van der Waals surface area contributed by atoms with E-state index < -0.39 is 40.0 Å². The van der Waals surface area contributed by atoms with Crippen LogP contribution in [0.15, 0.2) is 36.4 Å². The van der Waals surface area contributed by atoms with E-state index in [9.17, 15) is 0 Å². The second kappa shape index (κ2) is 12.4. The number of para-hydroxylation sites is 2. The fourth-order valence-corrected chi connectivity index (χ4v) is 29.5. The molecule has 38 heavy (non-hydrogen) atoms. The maximum Gasteiger partial charge on any atom is 0.139 e. The molecule has 0 unspecified atom stereocenters. The van der Waals surface area contributed by atoms with Crippen LogP contribution in [0.1, 0.15) is 25.0 Å². The van der Waals surface area contributed by atoms with Gasteiger partial charge in [-0.3, -0.25) is 0 Å². The van der Waals surface area contributed by atoms with Gasteiger partial charge in [-0.1, -0.05) is 113 Å². The third kappa shape index (κ3) is 9.35. The Morgan fingerprint density at radius 3 is 1.13 bits per heavy atom. The molecule has 0 spiro atoms. The first-order chi connectivity index (χ1) is 17.1. The summed E-state index contributed by atoms with van der Waals surface area (Å²) in [4.78, 5) is 0. The molecule has 3 rings (SSSR count). The maximum absolute atomic E-state index is 7.14. The van der Waals surface area contributed by atoms with Crippen molar-refractivity contribution < 1.29 is 4.74 Å². The molecule has 212 valence electrons. The van der Waals surface area contributed by atoms with Gasteiger partial charge in [0.1, 0.15) is 11.5 Å². The second-order valence-corrected chi connectivity index (χ2v) is 45.1. The normalized spacial score (nSPS) is 15.8. The minimum absolute atomic E-state index is 0.161. The van der Waals surface area contributed by atoms with Crippen molar-refractivity contribution in [2.75, 3.05) is 76.9 Å². The Bertz CT molecular complexity index is 1240. The molecule has 11 heteroatoms. The van der Waals surface area contributed by atoms with E-state index in [2.05, 4.69) is 104 Å². The summed E-state index contributed by atoms with van der Waals surface area (Å²) < 4.78 is 7.14. The summed E-state index contributed by atoms with van der Waals surface area (Å²) in [6.45, 7) is 23.0. The van der Waals surface area contributed by atoms with Crippen molar-refractivity contribution >= 4 is 97.8 Å². The van der Waals surface area contributed by atoms with E-state index in [1.54, 1.807) is 0 Å². The molecule has 0 radical (unpaired) electrons. The lowest BCUT2D eigenvalue weighted by Gasteiger charge is -2.39. The van der Waals surface area contributed by atoms with Crippen molar-refractivity contribution in [2.24, 2.45) is 0 Å². The van der Waals surface area contributed by atoms with Crippen LogP contribution in [-0.2, 0) is 52.6 Å². The first-order valence-corrected chi connectivity index (χ1v) is 31.6. The fraction of sp³-hybridized carbons (Fsp3) is 0.556. The van der Waals surface area contributed by atoms with Gasteiger partial charge in [0, 0.05) is 50.8 Å². The van der Waals surface area contributed by atoms with Gasteiger partial charge in [-0.05, 0) is 77.5 Å². The molecule has 1 heterocycles. The predicted molar refractivity (Wildman–Crippen MR) is 202 cm³/mol. The summed E-state index contributed by atoms with van der Waals surface area (Å²) in [5.74, 6) is 6.49. The van der Waals surface area contributed by atoms with E-state index >= 15 is 0 Å². The van der Waals surface area contributed by atoms with Gasteiger partial charge in [0.2, 0.25) is 0 Å². The number of hydrogen-bond acceptors (Lipinski definition) is 5. The van der Waals surface area contributed by atoms with Crippen LogP contribution in [0.25, 0.3) is 0 Å². The van der Waals surface area contributed by atoms with Gasteiger partial charge in [-0.15, -0.1) is 0 Å². The Morgan fingerprint density at radius 2 is 0.868 bits per heavy atom. The molecule has 0 saturated heterocycles. The molecule has 0 amide bonds. The molecule has 0 aliphatic carbocycles. The lowest BCUT2D eigenvalue weighted by molar-refractivity contribution is 0.425. The average Bonchev–Trinajstić information content (AvgIpc) is 2.68. The second-order valence-electron chi connectivity index (χ2n) is 13.0. The number of benzene rings is 2. The average molecular weight is 699 g/mol. The van der Waals surface area contributed by atoms with Crippen LogP contribution in [0, 0.1) is 0 Å². The van der Waals surface area contributed by atoms with Gasteiger partial charge in [0.05, 0.1) is 0 Å². The third-order valence-corrected chi connectivity index (χ3v) is 28.9. The lowest BCUT2D eigenvalue weighted by Crippen LogP contribution is -2.30. The summed E-state index contributed by atoms with van der Waals surface area (Å²) in [5.41, 5.74) is 2.40. The zero-order valence-electron chi connectivity index (χ0n) is 24.5. The summed E-state index contributed by atoms with van der Waals surface area (Å²) in [5, 5.41) is 2.72. The van der Waals surface area contributed by atoms with Crippen molar-refractivity contribution in [3.05, 3.63) is 47.5 Å². The minimum Gasteiger partial charge on any atom is -0.455 e. The van der Waals surface area contributed by atoms with E-state index in [-0.39, 0.29) is 5.41 Å². The smallest absolute Gasteiger partial charge is 0.139 e. The minimum atomic E-state index is -1.41. The topological polar surface area (TPSA) is 9.23 Å². The first kappa shape index (κ1) is 34.2. The van der Waals surface area contributed by atoms with Crippen LogP contribution in [0.5, 0.6) is 11.5 Å². The first-order valence-electron chi connectivity index (χ1n) is 12.7. The standard InChI is InChI=1S/C27H44OP6S4/c1-27(2)21-13-11-15-23(29(17-31(3,4)35)18-32(5,6)36)25(21)28-26-22(27)14-12-16-24(26)30(19-33(7,8)37)20-34(9,10)38/h11-16H,17-20H2,1-10H3. The zero-order chi connectivity index (χ0) is 28.9. The Balaban J connectivity index is 2.25. The highest BCUT2D eigenvalue weighted by molar-refractivity contribution is 8.20. The predicted octanol–water partition coefficient (Wildman–Crippen LogP) is 9.12. The largest absolute Gasteiger partial charge is 0.455 e. The summed E-state index contributed by atoms with van der Waals surface area (Å²) in [7, 11) is -0.996. The van der Waals surface area contributed by atoms with Crippen LogP contribution in [-0.4, -0.2) is 76.9 Å². The molecule has 2 aromatic carbocycles. The molecule has 0 atom stereocenters. The van der Waals surface area contributed by atoms with Crippen molar-refractivity contribution in [1.29, 1.82) is 0 Å².